The molecule has 0 fully saturated rings. The van der Waals surface area contributed by atoms with Crippen molar-refractivity contribution in [2.75, 3.05) is 7.11 Å². The van der Waals surface area contributed by atoms with Gasteiger partial charge in [-0.3, -0.25) is 0 Å². The molecule has 108 valence electrons. The average Bonchev–Trinajstić information content (AvgIpc) is 2.78. The van der Waals surface area contributed by atoms with Crippen LogP contribution in [0.25, 0.3) is 11.4 Å². The molecule has 2 N–H and O–H groups in total. The first-order valence-corrected chi connectivity index (χ1v) is 6.65. The van der Waals surface area contributed by atoms with Gasteiger partial charge in [-0.2, -0.15) is 5.10 Å². The summed E-state index contributed by atoms with van der Waals surface area (Å²) in [6.07, 6.45) is 0. The molecule has 0 amide bonds. The zero-order valence-electron chi connectivity index (χ0n) is 12.8. The third kappa shape index (κ3) is 2.67. The van der Waals surface area contributed by atoms with Crippen LogP contribution in [0.5, 0.6) is 5.75 Å². The first-order chi connectivity index (χ1) is 9.36. The van der Waals surface area contributed by atoms with Crippen LogP contribution in [0.1, 0.15) is 32.2 Å². The summed E-state index contributed by atoms with van der Waals surface area (Å²) in [6, 6.07) is 6.09. The van der Waals surface area contributed by atoms with Crippen molar-refractivity contribution in [3.05, 3.63) is 29.6 Å². The summed E-state index contributed by atoms with van der Waals surface area (Å²) in [4.78, 5) is 4.46. The van der Waals surface area contributed by atoms with Crippen molar-refractivity contribution < 1.29 is 4.74 Å². The Labute approximate surface area is 119 Å². The standard InChI is InChI=1S/C15H22N4O/c1-15(2,3)11-8-10(6-7-12(11)20-5)14-17-13(9-16)18-19(14)4/h6-8H,9,16H2,1-5H3. The number of rotatable bonds is 3. The molecular weight excluding hydrogens is 252 g/mol. The van der Waals surface area contributed by atoms with Gasteiger partial charge in [0, 0.05) is 18.2 Å². The van der Waals surface area contributed by atoms with E-state index < -0.39 is 0 Å². The zero-order valence-corrected chi connectivity index (χ0v) is 12.8. The Bertz CT molecular complexity index is 611. The summed E-state index contributed by atoms with van der Waals surface area (Å²) in [7, 11) is 3.57. The number of benzene rings is 1. The lowest BCUT2D eigenvalue weighted by molar-refractivity contribution is 0.397. The van der Waals surface area contributed by atoms with Crippen LogP contribution in [-0.2, 0) is 19.0 Å². The fourth-order valence-corrected chi connectivity index (χ4v) is 2.21. The normalized spacial score (nSPS) is 11.7. The van der Waals surface area contributed by atoms with Crippen molar-refractivity contribution in [1.29, 1.82) is 0 Å². The Balaban J connectivity index is 2.55. The first kappa shape index (κ1) is 14.5. The molecule has 0 spiro atoms. The number of hydrogen-bond donors (Lipinski definition) is 1. The highest BCUT2D eigenvalue weighted by Gasteiger charge is 2.20. The van der Waals surface area contributed by atoms with Gasteiger partial charge < -0.3 is 10.5 Å². The van der Waals surface area contributed by atoms with Crippen molar-refractivity contribution in [1.82, 2.24) is 14.8 Å². The van der Waals surface area contributed by atoms with E-state index in [2.05, 4.69) is 36.9 Å². The second-order valence-corrected chi connectivity index (χ2v) is 5.84. The van der Waals surface area contributed by atoms with Crippen LogP contribution in [0.2, 0.25) is 0 Å². The van der Waals surface area contributed by atoms with Gasteiger partial charge in [0.2, 0.25) is 0 Å². The van der Waals surface area contributed by atoms with Gasteiger partial charge in [-0.05, 0) is 23.6 Å². The monoisotopic (exact) mass is 274 g/mol. The van der Waals surface area contributed by atoms with Gasteiger partial charge in [0.05, 0.1) is 13.7 Å². The maximum atomic E-state index is 5.60. The van der Waals surface area contributed by atoms with Gasteiger partial charge in [-0.15, -0.1) is 0 Å². The number of aromatic nitrogens is 3. The molecule has 0 atom stereocenters. The van der Waals surface area contributed by atoms with E-state index in [-0.39, 0.29) is 5.41 Å². The molecule has 1 heterocycles. The van der Waals surface area contributed by atoms with Gasteiger partial charge in [-0.1, -0.05) is 20.8 Å². The SMILES string of the molecule is COc1ccc(-c2nc(CN)nn2C)cc1C(C)(C)C. The lowest BCUT2D eigenvalue weighted by atomic mass is 9.85. The summed E-state index contributed by atoms with van der Waals surface area (Å²) >= 11 is 0. The Morgan fingerprint density at radius 1 is 1.30 bits per heavy atom. The number of aryl methyl sites for hydroxylation is 1. The first-order valence-electron chi connectivity index (χ1n) is 6.65. The van der Waals surface area contributed by atoms with Crippen LogP contribution in [-0.4, -0.2) is 21.9 Å². The van der Waals surface area contributed by atoms with Gasteiger partial charge in [0.1, 0.15) is 5.75 Å². The summed E-state index contributed by atoms with van der Waals surface area (Å²) in [5, 5.41) is 4.29. The molecule has 1 aromatic carbocycles. The maximum Gasteiger partial charge on any atom is 0.164 e. The molecule has 0 aliphatic rings. The highest BCUT2D eigenvalue weighted by atomic mass is 16.5. The third-order valence-electron chi connectivity index (χ3n) is 3.26. The fraction of sp³-hybridized carbons (Fsp3) is 0.467. The second kappa shape index (κ2) is 5.25. The third-order valence-corrected chi connectivity index (χ3v) is 3.26. The second-order valence-electron chi connectivity index (χ2n) is 5.84. The van der Waals surface area contributed by atoms with Gasteiger partial charge in [0.15, 0.2) is 11.6 Å². The number of methoxy groups -OCH3 is 1. The largest absolute Gasteiger partial charge is 0.496 e. The predicted octanol–water partition coefficient (Wildman–Crippen LogP) is 2.25. The van der Waals surface area contributed by atoms with Gasteiger partial charge in [-0.25, -0.2) is 9.67 Å². The lowest BCUT2D eigenvalue weighted by Gasteiger charge is -2.22. The summed E-state index contributed by atoms with van der Waals surface area (Å²) in [6.45, 7) is 6.83. The molecular formula is C15H22N4O. The van der Waals surface area contributed by atoms with Gasteiger partial charge >= 0.3 is 0 Å². The molecule has 5 nitrogen and oxygen atoms in total. The number of ether oxygens (including phenoxy) is 1. The molecule has 1 aromatic heterocycles. The van der Waals surface area contributed by atoms with Crippen LogP contribution in [0.4, 0.5) is 0 Å². The number of nitrogens with zero attached hydrogens (tertiary/aromatic N) is 3. The van der Waals surface area contributed by atoms with Crippen LogP contribution in [0, 0.1) is 0 Å². The van der Waals surface area contributed by atoms with Crippen LogP contribution in [0.15, 0.2) is 18.2 Å². The molecule has 5 heteroatoms. The van der Waals surface area contributed by atoms with Crippen molar-refractivity contribution in [3.8, 4) is 17.1 Å². The molecule has 20 heavy (non-hydrogen) atoms. The molecule has 2 rings (SSSR count). The molecule has 0 saturated heterocycles. The Morgan fingerprint density at radius 2 is 2.00 bits per heavy atom. The predicted molar refractivity (Wildman–Crippen MR) is 79.6 cm³/mol. The van der Waals surface area contributed by atoms with E-state index in [1.165, 1.54) is 0 Å². The Morgan fingerprint density at radius 3 is 2.50 bits per heavy atom. The van der Waals surface area contributed by atoms with Crippen molar-refractivity contribution in [2.45, 2.75) is 32.7 Å². The van der Waals surface area contributed by atoms with E-state index in [0.29, 0.717) is 12.4 Å². The lowest BCUT2D eigenvalue weighted by Crippen LogP contribution is -2.13. The smallest absolute Gasteiger partial charge is 0.164 e. The van der Waals surface area contributed by atoms with E-state index in [9.17, 15) is 0 Å². The highest BCUT2D eigenvalue weighted by Crippen LogP contribution is 2.34. The highest BCUT2D eigenvalue weighted by molar-refractivity contribution is 5.60. The van der Waals surface area contributed by atoms with Crippen LogP contribution >= 0.6 is 0 Å². The minimum Gasteiger partial charge on any atom is -0.496 e. The maximum absolute atomic E-state index is 5.60. The fourth-order valence-electron chi connectivity index (χ4n) is 2.21. The van der Waals surface area contributed by atoms with E-state index in [1.54, 1.807) is 11.8 Å². The average molecular weight is 274 g/mol. The Hall–Kier alpha value is -1.88. The minimum absolute atomic E-state index is 0.00333. The van der Waals surface area contributed by atoms with Crippen molar-refractivity contribution >= 4 is 0 Å². The molecule has 0 bridgehead atoms. The summed E-state index contributed by atoms with van der Waals surface area (Å²) in [5.41, 5.74) is 7.76. The molecule has 0 saturated carbocycles. The quantitative estimate of drug-likeness (QED) is 0.932. The van der Waals surface area contributed by atoms with Gasteiger partial charge in [0.25, 0.3) is 0 Å². The summed E-state index contributed by atoms with van der Waals surface area (Å²) in [5.74, 6) is 2.36. The zero-order chi connectivity index (χ0) is 14.9. The Kier molecular flexibility index (Phi) is 3.81. The van der Waals surface area contributed by atoms with Crippen LogP contribution < -0.4 is 10.5 Å². The van der Waals surface area contributed by atoms with Crippen molar-refractivity contribution in [3.63, 3.8) is 0 Å². The number of nitrogens with two attached hydrogens (primary N) is 1. The van der Waals surface area contributed by atoms with E-state index in [1.807, 2.05) is 19.2 Å². The molecule has 0 aliphatic heterocycles. The van der Waals surface area contributed by atoms with Crippen molar-refractivity contribution in [2.24, 2.45) is 12.8 Å². The molecule has 0 radical (unpaired) electrons. The van der Waals surface area contributed by atoms with E-state index in [0.717, 1.165) is 22.7 Å². The van der Waals surface area contributed by atoms with E-state index >= 15 is 0 Å². The topological polar surface area (TPSA) is 66.0 Å². The molecule has 0 unspecified atom stereocenters. The molecule has 0 aliphatic carbocycles. The summed E-state index contributed by atoms with van der Waals surface area (Å²) < 4.78 is 7.22. The minimum atomic E-state index is -0.00333. The molecule has 2 aromatic rings. The van der Waals surface area contributed by atoms with E-state index in [4.69, 9.17) is 10.5 Å². The number of hydrogen-bond acceptors (Lipinski definition) is 4. The van der Waals surface area contributed by atoms with Crippen LogP contribution in [0.3, 0.4) is 0 Å².